The van der Waals surface area contributed by atoms with Gasteiger partial charge in [-0.25, -0.2) is 0 Å². The van der Waals surface area contributed by atoms with Gasteiger partial charge >= 0.3 is 0 Å². The number of pyridine rings is 1. The molecular formula is C7H8N2O3. The fourth-order valence-corrected chi connectivity index (χ4v) is 0.795. The predicted molar refractivity (Wildman–Crippen MR) is 42.0 cm³/mol. The van der Waals surface area contributed by atoms with E-state index in [1.165, 1.54) is 6.92 Å². The van der Waals surface area contributed by atoms with Crippen molar-refractivity contribution in [3.63, 3.8) is 0 Å². The Morgan fingerprint density at radius 2 is 2.25 bits per heavy atom. The lowest BCUT2D eigenvalue weighted by Gasteiger charge is -1.99. The first-order chi connectivity index (χ1) is 5.52. The van der Waals surface area contributed by atoms with Crippen LogP contribution >= 0.6 is 0 Å². The summed E-state index contributed by atoms with van der Waals surface area (Å²) in [6.45, 7) is 1.52. The zero-order valence-electron chi connectivity index (χ0n) is 6.42. The van der Waals surface area contributed by atoms with E-state index in [1.807, 2.05) is 0 Å². The van der Waals surface area contributed by atoms with Crippen molar-refractivity contribution in [2.24, 2.45) is 5.73 Å². The monoisotopic (exact) mass is 168 g/mol. The highest BCUT2D eigenvalue weighted by Gasteiger charge is 2.08. The van der Waals surface area contributed by atoms with E-state index < -0.39 is 11.5 Å². The van der Waals surface area contributed by atoms with Crippen molar-refractivity contribution in [2.45, 2.75) is 6.92 Å². The summed E-state index contributed by atoms with van der Waals surface area (Å²) in [6, 6.07) is 1.05. The molecule has 0 atom stereocenters. The molecule has 1 aromatic rings. The zero-order valence-corrected chi connectivity index (χ0v) is 6.42. The van der Waals surface area contributed by atoms with Crippen molar-refractivity contribution in [1.29, 1.82) is 0 Å². The van der Waals surface area contributed by atoms with Crippen LogP contribution in [-0.4, -0.2) is 16.0 Å². The van der Waals surface area contributed by atoms with Gasteiger partial charge in [0.05, 0.1) is 5.69 Å². The topological polar surface area (TPSA) is 96.2 Å². The van der Waals surface area contributed by atoms with Crippen molar-refractivity contribution in [2.75, 3.05) is 0 Å². The Morgan fingerprint density at radius 1 is 1.67 bits per heavy atom. The fraction of sp³-hybridized carbons (Fsp3) is 0.143. The minimum absolute atomic E-state index is 0.150. The van der Waals surface area contributed by atoms with Gasteiger partial charge in [0.15, 0.2) is 0 Å². The molecule has 5 nitrogen and oxygen atoms in total. The number of primary amides is 1. The van der Waals surface area contributed by atoms with Gasteiger partial charge in [-0.15, -0.1) is 0 Å². The fourth-order valence-electron chi connectivity index (χ4n) is 0.795. The Kier molecular flexibility index (Phi) is 1.86. The molecule has 64 valence electrons. The Bertz CT molecular complexity index is 381. The molecule has 0 aliphatic rings. The molecule has 0 aliphatic carbocycles. The van der Waals surface area contributed by atoms with E-state index in [4.69, 9.17) is 10.8 Å². The summed E-state index contributed by atoms with van der Waals surface area (Å²) in [7, 11) is 0. The number of hydrogen-bond acceptors (Lipinski definition) is 3. The van der Waals surface area contributed by atoms with Gasteiger partial charge in [0, 0.05) is 0 Å². The predicted octanol–water partition coefficient (Wildman–Crippen LogP) is -0.512. The normalized spacial score (nSPS) is 9.75. The molecule has 1 amide bonds. The number of carbonyl (C=O) groups is 1. The van der Waals surface area contributed by atoms with E-state index in [0.717, 1.165) is 6.07 Å². The minimum atomic E-state index is -0.855. The SMILES string of the molecule is Cc1[nH]c(=O)c(C(N)=O)cc1O. The second-order valence-electron chi connectivity index (χ2n) is 2.39. The number of nitrogens with one attached hydrogen (secondary N) is 1. The van der Waals surface area contributed by atoms with Crippen LogP contribution in [0.5, 0.6) is 5.75 Å². The molecule has 12 heavy (non-hydrogen) atoms. The molecule has 0 saturated carbocycles. The highest BCUT2D eigenvalue weighted by atomic mass is 16.3. The van der Waals surface area contributed by atoms with Gasteiger partial charge in [-0.1, -0.05) is 0 Å². The van der Waals surface area contributed by atoms with Crippen molar-refractivity contribution < 1.29 is 9.90 Å². The maximum atomic E-state index is 11.0. The van der Waals surface area contributed by atoms with Gasteiger partial charge < -0.3 is 15.8 Å². The van der Waals surface area contributed by atoms with Crippen molar-refractivity contribution in [3.8, 4) is 5.75 Å². The third-order valence-corrected chi connectivity index (χ3v) is 1.48. The molecule has 5 heteroatoms. The van der Waals surface area contributed by atoms with Crippen LogP contribution in [0, 0.1) is 6.92 Å². The molecule has 0 bridgehead atoms. The Labute approximate surface area is 67.8 Å². The molecule has 0 spiro atoms. The molecule has 0 fully saturated rings. The van der Waals surface area contributed by atoms with Gasteiger partial charge in [0.25, 0.3) is 11.5 Å². The summed E-state index contributed by atoms with van der Waals surface area (Å²) in [5.74, 6) is -1.00. The largest absolute Gasteiger partial charge is 0.506 e. The average molecular weight is 168 g/mol. The van der Waals surface area contributed by atoms with Crippen molar-refractivity contribution in [3.05, 3.63) is 27.7 Å². The Hall–Kier alpha value is -1.78. The first-order valence-corrected chi connectivity index (χ1v) is 3.25. The van der Waals surface area contributed by atoms with E-state index in [9.17, 15) is 9.59 Å². The highest BCUT2D eigenvalue weighted by Crippen LogP contribution is 2.10. The quantitative estimate of drug-likeness (QED) is 0.526. The Balaban J connectivity index is 3.43. The molecular weight excluding hydrogens is 160 g/mol. The molecule has 1 heterocycles. The van der Waals surface area contributed by atoms with E-state index in [1.54, 1.807) is 0 Å². The van der Waals surface area contributed by atoms with E-state index >= 15 is 0 Å². The van der Waals surface area contributed by atoms with Crippen LogP contribution in [0.3, 0.4) is 0 Å². The lowest BCUT2D eigenvalue weighted by Crippen LogP contribution is -2.23. The second-order valence-corrected chi connectivity index (χ2v) is 2.39. The summed E-state index contributed by atoms with van der Waals surface area (Å²) in [6.07, 6.45) is 0. The lowest BCUT2D eigenvalue weighted by atomic mass is 10.2. The minimum Gasteiger partial charge on any atom is -0.506 e. The molecule has 0 unspecified atom stereocenters. The van der Waals surface area contributed by atoms with Gasteiger partial charge in [-0.2, -0.15) is 0 Å². The van der Waals surface area contributed by atoms with Gasteiger partial charge in [-0.3, -0.25) is 9.59 Å². The number of amides is 1. The third kappa shape index (κ3) is 1.29. The van der Waals surface area contributed by atoms with E-state index in [-0.39, 0.29) is 11.3 Å². The summed E-state index contributed by atoms with van der Waals surface area (Å²) in [5, 5.41) is 9.10. The summed E-state index contributed by atoms with van der Waals surface area (Å²) in [4.78, 5) is 23.8. The number of aryl methyl sites for hydroxylation is 1. The Morgan fingerprint density at radius 3 is 2.75 bits per heavy atom. The van der Waals surface area contributed by atoms with Crippen LogP contribution in [0.2, 0.25) is 0 Å². The average Bonchev–Trinajstić information content (AvgIpc) is 1.96. The number of aromatic amines is 1. The maximum absolute atomic E-state index is 11.0. The van der Waals surface area contributed by atoms with Gasteiger partial charge in [0.1, 0.15) is 11.3 Å². The first kappa shape index (κ1) is 8.32. The van der Waals surface area contributed by atoms with Crippen LogP contribution in [-0.2, 0) is 0 Å². The number of aromatic hydroxyl groups is 1. The molecule has 0 aromatic carbocycles. The van der Waals surface area contributed by atoms with E-state index in [2.05, 4.69) is 4.98 Å². The van der Waals surface area contributed by atoms with Crippen LogP contribution in [0.15, 0.2) is 10.9 Å². The lowest BCUT2D eigenvalue weighted by molar-refractivity contribution is 0.0998. The standard InChI is InChI=1S/C7H8N2O3/c1-3-5(10)2-4(6(8)11)7(12)9-3/h2,10H,1H3,(H2,8,11)(H,9,12). The second kappa shape index (κ2) is 2.69. The number of carbonyl (C=O) groups excluding carboxylic acids is 1. The number of aromatic nitrogens is 1. The summed E-state index contributed by atoms with van der Waals surface area (Å²) in [5.41, 5.74) is 4.35. The summed E-state index contributed by atoms with van der Waals surface area (Å²) >= 11 is 0. The zero-order chi connectivity index (χ0) is 9.30. The molecule has 4 N–H and O–H groups in total. The third-order valence-electron chi connectivity index (χ3n) is 1.48. The molecule has 0 aliphatic heterocycles. The van der Waals surface area contributed by atoms with Gasteiger partial charge in [-0.05, 0) is 13.0 Å². The number of H-pyrrole nitrogens is 1. The van der Waals surface area contributed by atoms with Gasteiger partial charge in [0.2, 0.25) is 0 Å². The van der Waals surface area contributed by atoms with Crippen LogP contribution in [0.1, 0.15) is 16.1 Å². The number of nitrogens with two attached hydrogens (primary N) is 1. The van der Waals surface area contributed by atoms with Crippen LogP contribution in [0.4, 0.5) is 0 Å². The summed E-state index contributed by atoms with van der Waals surface area (Å²) < 4.78 is 0. The molecule has 1 aromatic heterocycles. The maximum Gasteiger partial charge on any atom is 0.261 e. The van der Waals surface area contributed by atoms with Crippen LogP contribution < -0.4 is 11.3 Å². The van der Waals surface area contributed by atoms with Crippen molar-refractivity contribution >= 4 is 5.91 Å². The smallest absolute Gasteiger partial charge is 0.261 e. The first-order valence-electron chi connectivity index (χ1n) is 3.25. The molecule has 0 saturated heterocycles. The van der Waals surface area contributed by atoms with E-state index in [0.29, 0.717) is 5.69 Å². The number of rotatable bonds is 1. The molecule has 0 radical (unpaired) electrons. The number of hydrogen-bond donors (Lipinski definition) is 3. The molecule has 1 rings (SSSR count). The van der Waals surface area contributed by atoms with Crippen molar-refractivity contribution in [1.82, 2.24) is 4.98 Å². The van der Waals surface area contributed by atoms with Crippen LogP contribution in [0.25, 0.3) is 0 Å². The highest BCUT2D eigenvalue weighted by molar-refractivity contribution is 5.92.